The van der Waals surface area contributed by atoms with Gasteiger partial charge in [0.25, 0.3) is 5.56 Å². The van der Waals surface area contributed by atoms with Crippen molar-refractivity contribution < 1.29 is 9.47 Å². The van der Waals surface area contributed by atoms with E-state index < -0.39 is 6.04 Å². The Balaban J connectivity index is 1.41. The summed E-state index contributed by atoms with van der Waals surface area (Å²) in [5.74, 6) is 1.95. The third kappa shape index (κ3) is 4.71. The molecule has 0 radical (unpaired) electrons. The zero-order valence-electron chi connectivity index (χ0n) is 21.9. The van der Waals surface area contributed by atoms with E-state index >= 15 is 0 Å². The lowest BCUT2D eigenvalue weighted by molar-refractivity contribution is 0.174. The summed E-state index contributed by atoms with van der Waals surface area (Å²) in [7, 11) is 0. The van der Waals surface area contributed by atoms with Crippen LogP contribution in [-0.4, -0.2) is 41.9 Å². The topological polar surface area (TPSA) is 111 Å². The number of aromatic amines is 1. The second-order valence-electron chi connectivity index (χ2n) is 10.4. The number of H-pyrrole nitrogens is 1. The molecule has 7 rings (SSSR count). The third-order valence-electron chi connectivity index (χ3n) is 7.80. The van der Waals surface area contributed by atoms with Crippen LogP contribution < -0.4 is 15.0 Å². The number of ether oxygens (including phenoxy) is 2. The molecular formula is C30H29N7O3. The number of benzene rings is 2. The molecule has 4 heterocycles. The van der Waals surface area contributed by atoms with Crippen LogP contribution in [0.5, 0.6) is 11.5 Å². The quantitative estimate of drug-likeness (QED) is 0.308. The summed E-state index contributed by atoms with van der Waals surface area (Å²) in [6.45, 7) is 1.29. The zero-order valence-corrected chi connectivity index (χ0v) is 21.9. The molecule has 2 aromatic carbocycles. The maximum absolute atomic E-state index is 13.9. The summed E-state index contributed by atoms with van der Waals surface area (Å²) in [6.07, 6.45) is 7.94. The number of nitrogens with zero attached hydrogens (tertiary/aromatic N) is 6. The zero-order chi connectivity index (χ0) is 26.9. The molecule has 1 N–H and O–H groups in total. The predicted octanol–water partition coefficient (Wildman–Crippen LogP) is 4.55. The van der Waals surface area contributed by atoms with Gasteiger partial charge in [0.2, 0.25) is 6.79 Å². The van der Waals surface area contributed by atoms with Gasteiger partial charge in [-0.2, -0.15) is 0 Å². The van der Waals surface area contributed by atoms with Crippen molar-refractivity contribution in [3.8, 4) is 11.5 Å². The highest BCUT2D eigenvalue weighted by Gasteiger charge is 2.33. The largest absolute Gasteiger partial charge is 0.454 e. The van der Waals surface area contributed by atoms with Crippen LogP contribution in [-0.2, 0) is 13.1 Å². The Morgan fingerprint density at radius 3 is 2.55 bits per heavy atom. The molecule has 1 aliphatic heterocycles. The van der Waals surface area contributed by atoms with Gasteiger partial charge in [0.1, 0.15) is 6.04 Å². The van der Waals surface area contributed by atoms with E-state index in [9.17, 15) is 4.79 Å². The first-order valence-corrected chi connectivity index (χ1v) is 13.6. The number of fused-ring (bicyclic) bond motifs is 2. The molecule has 202 valence electrons. The van der Waals surface area contributed by atoms with Gasteiger partial charge in [-0.1, -0.05) is 49.2 Å². The first-order valence-electron chi connectivity index (χ1n) is 13.6. The molecule has 0 spiro atoms. The smallest absolute Gasteiger partial charge is 0.253 e. The first kappa shape index (κ1) is 24.5. The molecule has 2 aliphatic rings. The van der Waals surface area contributed by atoms with E-state index in [4.69, 9.17) is 9.47 Å². The standard InChI is InChI=1S/C30H29N7O3/c38-30-24(13-22-14-26-27(40-19-39-26)15-25(22)32-30)28(29-33-34-35-37(29)23-10-4-5-11-23)36(17-20-7-2-1-3-8-20)18-21-9-6-12-31-16-21/h1-3,6-9,12-16,23,28H,4-5,10-11,17-19H2,(H,32,38)/t28-/m0/s1. The predicted molar refractivity (Wildman–Crippen MR) is 148 cm³/mol. The van der Waals surface area contributed by atoms with Crippen LogP contribution in [0.25, 0.3) is 10.9 Å². The molecule has 0 bridgehead atoms. The molecule has 1 atom stereocenters. The van der Waals surface area contributed by atoms with Gasteiger partial charge >= 0.3 is 0 Å². The van der Waals surface area contributed by atoms with E-state index in [2.05, 4.69) is 42.5 Å². The molecule has 1 saturated carbocycles. The van der Waals surface area contributed by atoms with Crippen LogP contribution in [0, 0.1) is 0 Å². The maximum Gasteiger partial charge on any atom is 0.253 e. The molecule has 5 aromatic rings. The number of tetrazole rings is 1. The number of hydrogen-bond acceptors (Lipinski definition) is 8. The van der Waals surface area contributed by atoms with Gasteiger partial charge in [-0.25, -0.2) is 4.68 Å². The van der Waals surface area contributed by atoms with Crippen molar-refractivity contribution in [2.75, 3.05) is 6.79 Å². The van der Waals surface area contributed by atoms with Gasteiger partial charge in [-0.3, -0.25) is 14.7 Å². The Kier molecular flexibility index (Phi) is 6.45. The van der Waals surface area contributed by atoms with Crippen LogP contribution in [0.2, 0.25) is 0 Å². The normalized spacial score (nSPS) is 15.7. The summed E-state index contributed by atoms with van der Waals surface area (Å²) in [6, 6.07) is 19.6. The van der Waals surface area contributed by atoms with E-state index in [-0.39, 0.29) is 18.4 Å². The van der Waals surface area contributed by atoms with E-state index in [0.29, 0.717) is 41.5 Å². The Morgan fingerprint density at radius 1 is 0.975 bits per heavy atom. The summed E-state index contributed by atoms with van der Waals surface area (Å²) in [5, 5.41) is 14.0. The minimum Gasteiger partial charge on any atom is -0.454 e. The number of rotatable bonds is 8. The fraction of sp³-hybridized carbons (Fsp3) is 0.300. The molecule has 0 saturated heterocycles. The average molecular weight is 536 g/mol. The van der Waals surface area contributed by atoms with Crippen molar-refractivity contribution in [2.45, 2.75) is 50.9 Å². The maximum atomic E-state index is 13.9. The van der Waals surface area contributed by atoms with Crippen molar-refractivity contribution in [3.05, 3.63) is 106 Å². The highest BCUT2D eigenvalue weighted by Crippen LogP contribution is 2.38. The Morgan fingerprint density at radius 2 is 1.75 bits per heavy atom. The van der Waals surface area contributed by atoms with Gasteiger partial charge in [-0.05, 0) is 52.6 Å². The number of aromatic nitrogens is 6. The molecule has 3 aromatic heterocycles. The van der Waals surface area contributed by atoms with Gasteiger partial charge in [0, 0.05) is 42.5 Å². The summed E-state index contributed by atoms with van der Waals surface area (Å²) in [5.41, 5.74) is 3.22. The Bertz CT molecular complexity index is 1640. The number of nitrogens with one attached hydrogen (secondary N) is 1. The molecule has 1 fully saturated rings. The molecule has 0 amide bonds. The van der Waals surface area contributed by atoms with Crippen molar-refractivity contribution >= 4 is 10.9 Å². The highest BCUT2D eigenvalue weighted by atomic mass is 16.7. The van der Waals surface area contributed by atoms with Crippen molar-refractivity contribution in [1.29, 1.82) is 0 Å². The minimum atomic E-state index is -0.519. The Labute approximate surface area is 230 Å². The lowest BCUT2D eigenvalue weighted by Gasteiger charge is -2.31. The highest BCUT2D eigenvalue weighted by molar-refractivity contribution is 5.83. The monoisotopic (exact) mass is 535 g/mol. The second kappa shape index (κ2) is 10.5. The summed E-state index contributed by atoms with van der Waals surface area (Å²) >= 11 is 0. The SMILES string of the molecule is O=c1[nH]c2cc3c(cc2cc1[C@@H](c1nnnn1C1CCCC1)N(Cc1ccccc1)Cc1cccnc1)OCO3. The lowest BCUT2D eigenvalue weighted by atomic mass is 10.0. The second-order valence-corrected chi connectivity index (χ2v) is 10.4. The number of hydrogen-bond donors (Lipinski definition) is 1. The van der Waals surface area contributed by atoms with Crippen LogP contribution in [0.15, 0.2) is 77.9 Å². The molecule has 0 unspecified atom stereocenters. The van der Waals surface area contributed by atoms with Crippen LogP contribution in [0.3, 0.4) is 0 Å². The van der Waals surface area contributed by atoms with Crippen molar-refractivity contribution in [2.24, 2.45) is 0 Å². The average Bonchev–Trinajstić information content (AvgIpc) is 3.76. The van der Waals surface area contributed by atoms with Crippen LogP contribution in [0.1, 0.15) is 60.3 Å². The molecular weight excluding hydrogens is 506 g/mol. The number of pyridine rings is 2. The summed E-state index contributed by atoms with van der Waals surface area (Å²) < 4.78 is 13.1. The van der Waals surface area contributed by atoms with Gasteiger partial charge < -0.3 is 14.5 Å². The third-order valence-corrected chi connectivity index (χ3v) is 7.80. The molecule has 1 aliphatic carbocycles. The van der Waals surface area contributed by atoms with E-state index in [0.717, 1.165) is 42.2 Å². The van der Waals surface area contributed by atoms with Gasteiger partial charge in [0.15, 0.2) is 17.3 Å². The lowest BCUT2D eigenvalue weighted by Crippen LogP contribution is -2.35. The van der Waals surface area contributed by atoms with Crippen molar-refractivity contribution in [1.82, 2.24) is 35.1 Å². The molecule has 40 heavy (non-hydrogen) atoms. The van der Waals surface area contributed by atoms with Gasteiger partial charge in [-0.15, -0.1) is 5.10 Å². The van der Waals surface area contributed by atoms with Crippen LogP contribution in [0.4, 0.5) is 0 Å². The summed E-state index contributed by atoms with van der Waals surface area (Å²) in [4.78, 5) is 23.6. The molecule has 10 nitrogen and oxygen atoms in total. The van der Waals surface area contributed by atoms with E-state index in [1.165, 1.54) is 0 Å². The Hall–Kier alpha value is -4.57. The van der Waals surface area contributed by atoms with E-state index in [1.807, 2.05) is 59.4 Å². The first-order chi connectivity index (χ1) is 19.7. The van der Waals surface area contributed by atoms with Crippen molar-refractivity contribution in [3.63, 3.8) is 0 Å². The van der Waals surface area contributed by atoms with E-state index in [1.54, 1.807) is 6.20 Å². The molecule has 10 heteroatoms. The minimum absolute atomic E-state index is 0.164. The van der Waals surface area contributed by atoms with Crippen LogP contribution >= 0.6 is 0 Å². The fourth-order valence-electron chi connectivity index (χ4n) is 5.89. The van der Waals surface area contributed by atoms with Gasteiger partial charge in [0.05, 0.1) is 11.6 Å². The fourth-order valence-corrected chi connectivity index (χ4v) is 5.89.